The molecule has 0 aliphatic heterocycles. The van der Waals surface area contributed by atoms with Crippen molar-refractivity contribution < 1.29 is 19.5 Å². The molecular formula is C11H20N2O4. The van der Waals surface area contributed by atoms with E-state index in [2.05, 4.69) is 10.3 Å². The summed E-state index contributed by atoms with van der Waals surface area (Å²) >= 11 is 0. The number of carbonyl (C=O) groups is 2. The zero-order valence-corrected chi connectivity index (χ0v) is 9.91. The fourth-order valence-electron chi connectivity index (χ4n) is 2.20. The van der Waals surface area contributed by atoms with Crippen LogP contribution in [0.2, 0.25) is 0 Å². The molecule has 0 unspecified atom stereocenters. The molecule has 0 saturated heterocycles. The number of carboxylic acid groups (broad SMARTS) is 1. The van der Waals surface area contributed by atoms with Crippen LogP contribution in [0.3, 0.4) is 0 Å². The molecule has 6 heteroatoms. The molecule has 1 saturated carbocycles. The van der Waals surface area contributed by atoms with Gasteiger partial charge in [0.05, 0.1) is 5.41 Å². The van der Waals surface area contributed by atoms with Crippen molar-refractivity contribution in [2.75, 3.05) is 13.2 Å². The van der Waals surface area contributed by atoms with Gasteiger partial charge < -0.3 is 10.8 Å². The van der Waals surface area contributed by atoms with Crippen molar-refractivity contribution >= 4 is 11.9 Å². The third-order valence-corrected chi connectivity index (χ3v) is 3.29. The van der Waals surface area contributed by atoms with Gasteiger partial charge in [0.2, 0.25) is 0 Å². The topological polar surface area (TPSA) is 102 Å². The van der Waals surface area contributed by atoms with Crippen LogP contribution in [0.4, 0.5) is 0 Å². The molecule has 0 aromatic carbocycles. The number of nitrogens with two attached hydrogens (primary N) is 1. The third kappa shape index (κ3) is 3.98. The predicted molar refractivity (Wildman–Crippen MR) is 60.9 cm³/mol. The van der Waals surface area contributed by atoms with E-state index in [4.69, 9.17) is 10.8 Å². The Hall–Kier alpha value is -1.14. The Balaban J connectivity index is 2.52. The van der Waals surface area contributed by atoms with Crippen molar-refractivity contribution in [1.29, 1.82) is 0 Å². The van der Waals surface area contributed by atoms with Crippen molar-refractivity contribution in [3.8, 4) is 0 Å². The van der Waals surface area contributed by atoms with Crippen molar-refractivity contribution in [2.24, 2.45) is 11.1 Å². The van der Waals surface area contributed by atoms with Gasteiger partial charge in [-0.3, -0.25) is 9.63 Å². The number of carbonyl (C=O) groups excluding carboxylic acids is 1. The molecular weight excluding hydrogens is 224 g/mol. The third-order valence-electron chi connectivity index (χ3n) is 3.29. The van der Waals surface area contributed by atoms with E-state index in [0.717, 1.165) is 38.5 Å². The molecule has 17 heavy (non-hydrogen) atoms. The molecule has 0 aromatic heterocycles. The molecule has 6 nitrogen and oxygen atoms in total. The number of nitrogens with one attached hydrogen (secondary N) is 1. The fourth-order valence-corrected chi connectivity index (χ4v) is 2.20. The lowest BCUT2D eigenvalue weighted by molar-refractivity contribution is -0.153. The lowest BCUT2D eigenvalue weighted by atomic mass is 9.80. The van der Waals surface area contributed by atoms with E-state index < -0.39 is 18.0 Å². The van der Waals surface area contributed by atoms with Crippen LogP contribution in [0.1, 0.15) is 38.5 Å². The Morgan fingerprint density at radius 1 is 1.24 bits per heavy atom. The SMILES string of the molecule is NCC1(C(=O)NOCC(=O)O)CCCCCC1. The fraction of sp³-hybridized carbons (Fsp3) is 0.818. The normalized spacial score (nSPS) is 19.4. The summed E-state index contributed by atoms with van der Waals surface area (Å²) < 4.78 is 0. The average Bonchev–Trinajstić information content (AvgIpc) is 2.54. The lowest BCUT2D eigenvalue weighted by Crippen LogP contribution is -2.46. The second-order valence-electron chi connectivity index (χ2n) is 4.51. The molecule has 0 atom stereocenters. The highest BCUT2D eigenvalue weighted by Gasteiger charge is 2.37. The van der Waals surface area contributed by atoms with Gasteiger partial charge in [0.1, 0.15) is 0 Å². The minimum Gasteiger partial charge on any atom is -0.479 e. The number of rotatable bonds is 5. The predicted octanol–water partition coefficient (Wildman–Crippen LogP) is 0.418. The summed E-state index contributed by atoms with van der Waals surface area (Å²) in [5.41, 5.74) is 7.32. The molecule has 0 radical (unpaired) electrons. The van der Waals surface area contributed by atoms with Crippen LogP contribution in [0.25, 0.3) is 0 Å². The summed E-state index contributed by atoms with van der Waals surface area (Å²) in [6.45, 7) is -0.262. The number of hydrogen-bond acceptors (Lipinski definition) is 4. The van der Waals surface area contributed by atoms with E-state index >= 15 is 0 Å². The van der Waals surface area contributed by atoms with Gasteiger partial charge >= 0.3 is 5.97 Å². The molecule has 1 aliphatic rings. The standard InChI is InChI=1S/C11H20N2O4/c12-8-11(5-3-1-2-4-6-11)10(16)13-17-7-9(14)15/h1-8,12H2,(H,13,16)(H,14,15). The second kappa shape index (κ2) is 6.56. The number of carboxylic acids is 1. The number of amides is 1. The highest BCUT2D eigenvalue weighted by molar-refractivity contribution is 5.82. The van der Waals surface area contributed by atoms with Crippen molar-refractivity contribution in [3.63, 3.8) is 0 Å². The molecule has 1 rings (SSSR count). The first-order valence-electron chi connectivity index (χ1n) is 5.95. The van der Waals surface area contributed by atoms with Crippen LogP contribution < -0.4 is 11.2 Å². The quantitative estimate of drug-likeness (QED) is 0.480. The van der Waals surface area contributed by atoms with Crippen LogP contribution in [-0.4, -0.2) is 30.1 Å². The van der Waals surface area contributed by atoms with Gasteiger partial charge in [-0.1, -0.05) is 25.7 Å². The number of hydrogen-bond donors (Lipinski definition) is 3. The Kier molecular flexibility index (Phi) is 5.37. The first kappa shape index (κ1) is 13.9. The van der Waals surface area contributed by atoms with Crippen LogP contribution in [0.15, 0.2) is 0 Å². The zero-order valence-electron chi connectivity index (χ0n) is 9.91. The van der Waals surface area contributed by atoms with Crippen LogP contribution >= 0.6 is 0 Å². The van der Waals surface area contributed by atoms with Gasteiger partial charge in [0.15, 0.2) is 6.61 Å². The molecule has 1 aliphatic carbocycles. The largest absolute Gasteiger partial charge is 0.479 e. The number of hydroxylamine groups is 1. The van der Waals surface area contributed by atoms with Crippen LogP contribution in [0.5, 0.6) is 0 Å². The lowest BCUT2D eigenvalue weighted by Gasteiger charge is -2.29. The van der Waals surface area contributed by atoms with Crippen LogP contribution in [-0.2, 0) is 14.4 Å². The summed E-state index contributed by atoms with van der Waals surface area (Å²) in [7, 11) is 0. The van der Waals surface area contributed by atoms with E-state index in [1.54, 1.807) is 0 Å². The number of aliphatic carboxylic acids is 1. The van der Waals surface area contributed by atoms with E-state index in [-0.39, 0.29) is 12.5 Å². The molecule has 98 valence electrons. The maximum Gasteiger partial charge on any atom is 0.332 e. The summed E-state index contributed by atoms with van der Waals surface area (Å²) in [6, 6.07) is 0. The molecule has 0 aromatic rings. The second-order valence-corrected chi connectivity index (χ2v) is 4.51. The molecule has 0 spiro atoms. The van der Waals surface area contributed by atoms with Gasteiger partial charge in [0, 0.05) is 6.54 Å². The molecule has 0 bridgehead atoms. The Morgan fingerprint density at radius 3 is 2.29 bits per heavy atom. The first-order chi connectivity index (χ1) is 8.10. The highest BCUT2D eigenvalue weighted by atomic mass is 16.7. The van der Waals surface area contributed by atoms with E-state index in [1.807, 2.05) is 0 Å². The minimum absolute atomic E-state index is 0.273. The summed E-state index contributed by atoms with van der Waals surface area (Å²) in [4.78, 5) is 26.9. The van der Waals surface area contributed by atoms with Crippen molar-refractivity contribution in [3.05, 3.63) is 0 Å². The van der Waals surface area contributed by atoms with Crippen molar-refractivity contribution in [2.45, 2.75) is 38.5 Å². The summed E-state index contributed by atoms with van der Waals surface area (Å²) in [6.07, 6.45) is 5.67. The van der Waals surface area contributed by atoms with Gasteiger partial charge in [0.25, 0.3) is 5.91 Å². The van der Waals surface area contributed by atoms with E-state index in [0.29, 0.717) is 0 Å². The molecule has 1 fully saturated rings. The van der Waals surface area contributed by atoms with Crippen molar-refractivity contribution in [1.82, 2.24) is 5.48 Å². The van der Waals surface area contributed by atoms with Gasteiger partial charge in [-0.05, 0) is 12.8 Å². The van der Waals surface area contributed by atoms with Crippen LogP contribution in [0, 0.1) is 5.41 Å². The minimum atomic E-state index is -1.12. The maximum absolute atomic E-state index is 12.0. The molecule has 4 N–H and O–H groups in total. The summed E-state index contributed by atoms with van der Waals surface area (Å²) in [5.74, 6) is -1.41. The van der Waals surface area contributed by atoms with Gasteiger partial charge in [-0.25, -0.2) is 10.3 Å². The Labute approximate surface area is 100 Å². The van der Waals surface area contributed by atoms with Gasteiger partial charge in [-0.2, -0.15) is 0 Å². The van der Waals surface area contributed by atoms with Gasteiger partial charge in [-0.15, -0.1) is 0 Å². The van der Waals surface area contributed by atoms with E-state index in [9.17, 15) is 9.59 Å². The smallest absolute Gasteiger partial charge is 0.332 e. The first-order valence-corrected chi connectivity index (χ1v) is 5.95. The average molecular weight is 244 g/mol. The summed E-state index contributed by atoms with van der Waals surface area (Å²) in [5, 5.41) is 8.40. The Bertz CT molecular complexity index is 273. The Morgan fingerprint density at radius 2 is 1.82 bits per heavy atom. The molecule has 0 heterocycles. The maximum atomic E-state index is 12.0. The molecule has 1 amide bonds. The van der Waals surface area contributed by atoms with E-state index in [1.165, 1.54) is 0 Å². The zero-order chi connectivity index (χ0) is 12.7. The highest BCUT2D eigenvalue weighted by Crippen LogP contribution is 2.34. The monoisotopic (exact) mass is 244 g/mol.